The molecule has 2 aromatic carbocycles. The van der Waals surface area contributed by atoms with Crippen molar-refractivity contribution in [2.45, 2.75) is 24.8 Å². The Morgan fingerprint density at radius 3 is 2.41 bits per heavy atom. The lowest BCUT2D eigenvalue weighted by Gasteiger charge is -2.28. The molecule has 5 heteroatoms. The van der Waals surface area contributed by atoms with Crippen LogP contribution in [0.25, 0.3) is 0 Å². The van der Waals surface area contributed by atoms with E-state index in [1.165, 1.54) is 0 Å². The first-order chi connectivity index (χ1) is 14.1. The predicted molar refractivity (Wildman–Crippen MR) is 112 cm³/mol. The van der Waals surface area contributed by atoms with Crippen LogP contribution in [0, 0.1) is 0 Å². The van der Waals surface area contributed by atoms with Crippen molar-refractivity contribution in [2.75, 3.05) is 11.9 Å². The predicted octanol–water partition coefficient (Wildman–Crippen LogP) is 3.25. The van der Waals surface area contributed by atoms with E-state index in [0.717, 1.165) is 22.4 Å². The molecule has 0 fully saturated rings. The second-order valence-corrected chi connectivity index (χ2v) is 7.43. The van der Waals surface area contributed by atoms with Gasteiger partial charge in [-0.3, -0.25) is 14.6 Å². The minimum atomic E-state index is -0.908. The summed E-state index contributed by atoms with van der Waals surface area (Å²) in [5, 5.41) is 2.97. The van der Waals surface area contributed by atoms with E-state index in [2.05, 4.69) is 10.3 Å². The summed E-state index contributed by atoms with van der Waals surface area (Å²) in [6.07, 6.45) is 3.98. The number of nitrogens with zero attached hydrogens (tertiary/aromatic N) is 2. The van der Waals surface area contributed by atoms with E-state index in [0.29, 0.717) is 13.0 Å². The van der Waals surface area contributed by atoms with Gasteiger partial charge in [0.25, 0.3) is 0 Å². The second-order valence-electron chi connectivity index (χ2n) is 7.43. The molecule has 29 heavy (non-hydrogen) atoms. The molecule has 1 N–H and O–H groups in total. The molecule has 1 unspecified atom stereocenters. The van der Waals surface area contributed by atoms with Gasteiger partial charge in [0, 0.05) is 38.1 Å². The molecular weight excluding hydrogens is 362 g/mol. The van der Waals surface area contributed by atoms with Crippen LogP contribution in [-0.2, 0) is 28.0 Å². The number of rotatable bonds is 6. The van der Waals surface area contributed by atoms with E-state index < -0.39 is 5.41 Å². The summed E-state index contributed by atoms with van der Waals surface area (Å²) in [4.78, 5) is 32.0. The van der Waals surface area contributed by atoms with Gasteiger partial charge in [0.05, 0.1) is 5.41 Å². The van der Waals surface area contributed by atoms with Crippen molar-refractivity contribution in [1.82, 2.24) is 10.3 Å². The lowest BCUT2D eigenvalue weighted by molar-refractivity contribution is -0.129. The molecule has 1 aliphatic heterocycles. The third-order valence-corrected chi connectivity index (χ3v) is 5.55. The van der Waals surface area contributed by atoms with Gasteiger partial charge in [-0.2, -0.15) is 0 Å². The average molecular weight is 385 g/mol. The molecule has 0 saturated carbocycles. The third-order valence-electron chi connectivity index (χ3n) is 5.55. The number of hydrogen-bond acceptors (Lipinski definition) is 3. The smallest absolute Gasteiger partial charge is 0.238 e. The first kappa shape index (κ1) is 18.9. The number of para-hydroxylation sites is 1. The fraction of sp³-hybridized carbons (Fsp3) is 0.208. The average Bonchev–Trinajstić information content (AvgIpc) is 2.96. The maximum Gasteiger partial charge on any atom is 0.238 e. The number of nitrogens with one attached hydrogen (secondary N) is 1. The molecule has 2 amide bonds. The zero-order valence-electron chi connectivity index (χ0n) is 16.3. The van der Waals surface area contributed by atoms with Gasteiger partial charge < -0.3 is 10.2 Å². The molecule has 3 aromatic rings. The van der Waals surface area contributed by atoms with Crippen LogP contribution in [0.1, 0.15) is 23.1 Å². The van der Waals surface area contributed by atoms with Gasteiger partial charge in [-0.05, 0) is 41.3 Å². The van der Waals surface area contributed by atoms with Gasteiger partial charge in [-0.1, -0.05) is 48.5 Å². The van der Waals surface area contributed by atoms with Crippen molar-refractivity contribution in [1.29, 1.82) is 0 Å². The summed E-state index contributed by atoms with van der Waals surface area (Å²) in [6, 6.07) is 21.4. The van der Waals surface area contributed by atoms with Crippen molar-refractivity contribution in [3.63, 3.8) is 0 Å². The topological polar surface area (TPSA) is 62.3 Å². The Bertz CT molecular complexity index is 1020. The van der Waals surface area contributed by atoms with Crippen LogP contribution in [0.3, 0.4) is 0 Å². The summed E-state index contributed by atoms with van der Waals surface area (Å²) >= 11 is 0. The van der Waals surface area contributed by atoms with Crippen LogP contribution in [0.5, 0.6) is 0 Å². The highest BCUT2D eigenvalue weighted by molar-refractivity contribution is 6.09. The first-order valence-corrected chi connectivity index (χ1v) is 9.67. The van der Waals surface area contributed by atoms with E-state index in [-0.39, 0.29) is 18.2 Å². The monoisotopic (exact) mass is 385 g/mol. The van der Waals surface area contributed by atoms with Crippen molar-refractivity contribution in [3.8, 4) is 0 Å². The largest absolute Gasteiger partial charge is 0.352 e. The molecule has 146 valence electrons. The molecule has 0 spiro atoms. The lowest BCUT2D eigenvalue weighted by atomic mass is 9.73. The van der Waals surface area contributed by atoms with Crippen molar-refractivity contribution < 1.29 is 9.59 Å². The standard InChI is InChI=1S/C24H23N3O2/c1-27-21-10-6-5-9-20(21)24(23(27)29,15-18-7-3-2-4-8-18)16-22(28)26-17-19-11-13-25-14-12-19/h2-14H,15-17H2,1H3,(H,26,28). The van der Waals surface area contributed by atoms with Crippen molar-refractivity contribution in [3.05, 3.63) is 95.8 Å². The van der Waals surface area contributed by atoms with E-state index in [4.69, 9.17) is 0 Å². The molecule has 5 nitrogen and oxygen atoms in total. The first-order valence-electron chi connectivity index (χ1n) is 9.67. The number of carbonyl (C=O) groups excluding carboxylic acids is 2. The van der Waals surface area contributed by atoms with Crippen LogP contribution in [0.4, 0.5) is 5.69 Å². The van der Waals surface area contributed by atoms with Gasteiger partial charge in [0.15, 0.2) is 0 Å². The minimum Gasteiger partial charge on any atom is -0.352 e. The highest BCUT2D eigenvalue weighted by Crippen LogP contribution is 2.45. The summed E-state index contributed by atoms with van der Waals surface area (Å²) < 4.78 is 0. The van der Waals surface area contributed by atoms with Crippen LogP contribution in [-0.4, -0.2) is 23.8 Å². The number of benzene rings is 2. The Morgan fingerprint density at radius 2 is 1.66 bits per heavy atom. The zero-order valence-corrected chi connectivity index (χ0v) is 16.3. The number of likely N-dealkylation sites (N-methyl/N-ethyl adjacent to an activating group) is 1. The quantitative estimate of drug-likeness (QED) is 0.709. The maximum atomic E-state index is 13.4. The Balaban J connectivity index is 1.64. The van der Waals surface area contributed by atoms with Gasteiger partial charge >= 0.3 is 0 Å². The van der Waals surface area contributed by atoms with E-state index in [1.54, 1.807) is 24.3 Å². The fourth-order valence-corrected chi connectivity index (χ4v) is 4.10. The molecule has 1 aromatic heterocycles. The molecule has 2 heterocycles. The fourth-order valence-electron chi connectivity index (χ4n) is 4.10. The molecule has 1 aliphatic rings. The van der Waals surface area contributed by atoms with E-state index in [9.17, 15) is 9.59 Å². The van der Waals surface area contributed by atoms with Gasteiger partial charge in [0.1, 0.15) is 0 Å². The van der Waals surface area contributed by atoms with E-state index >= 15 is 0 Å². The van der Waals surface area contributed by atoms with Crippen LogP contribution in [0.15, 0.2) is 79.1 Å². The van der Waals surface area contributed by atoms with Crippen molar-refractivity contribution in [2.24, 2.45) is 0 Å². The normalized spacial score (nSPS) is 17.8. The number of anilines is 1. The maximum absolute atomic E-state index is 13.4. The van der Waals surface area contributed by atoms with Crippen molar-refractivity contribution >= 4 is 17.5 Å². The SMILES string of the molecule is CN1C(=O)C(CC(=O)NCc2ccncc2)(Cc2ccccc2)c2ccccc21. The molecular formula is C24H23N3O2. The van der Waals surface area contributed by atoms with Crippen LogP contribution >= 0.6 is 0 Å². The highest BCUT2D eigenvalue weighted by atomic mass is 16.2. The van der Waals surface area contributed by atoms with Gasteiger partial charge in [-0.25, -0.2) is 0 Å². The summed E-state index contributed by atoms with van der Waals surface area (Å²) in [6.45, 7) is 0.411. The summed E-state index contributed by atoms with van der Waals surface area (Å²) in [7, 11) is 1.78. The number of fused-ring (bicyclic) bond motifs is 1. The number of hydrogen-bond donors (Lipinski definition) is 1. The molecule has 4 rings (SSSR count). The number of carbonyl (C=O) groups is 2. The van der Waals surface area contributed by atoms with E-state index in [1.807, 2.05) is 66.7 Å². The Hall–Kier alpha value is -3.47. The second kappa shape index (κ2) is 7.87. The molecule has 0 bridgehead atoms. The number of amides is 2. The Kier molecular flexibility index (Phi) is 5.12. The van der Waals surface area contributed by atoms with Gasteiger partial charge in [-0.15, -0.1) is 0 Å². The minimum absolute atomic E-state index is 0.0402. The zero-order chi connectivity index (χ0) is 20.3. The molecule has 0 radical (unpaired) electrons. The highest BCUT2D eigenvalue weighted by Gasteiger charge is 2.50. The Morgan fingerprint density at radius 1 is 0.966 bits per heavy atom. The molecule has 0 aliphatic carbocycles. The van der Waals surface area contributed by atoms with Gasteiger partial charge in [0.2, 0.25) is 11.8 Å². The van der Waals surface area contributed by atoms with Crippen LogP contribution in [0.2, 0.25) is 0 Å². The summed E-state index contributed by atoms with van der Waals surface area (Å²) in [5.41, 5.74) is 2.88. The molecule has 0 saturated heterocycles. The lowest BCUT2D eigenvalue weighted by Crippen LogP contribution is -2.44. The summed E-state index contributed by atoms with van der Waals surface area (Å²) in [5.74, 6) is -0.183. The number of pyridine rings is 1. The molecule has 1 atom stereocenters. The van der Waals surface area contributed by atoms with Crippen LogP contribution < -0.4 is 10.2 Å². The number of aromatic nitrogens is 1. The Labute approximate surface area is 170 Å². The third kappa shape index (κ3) is 3.63.